The van der Waals surface area contributed by atoms with E-state index in [0.717, 1.165) is 11.1 Å². The van der Waals surface area contributed by atoms with Crippen LogP contribution in [0.5, 0.6) is 0 Å². The second-order valence-corrected chi connectivity index (χ2v) is 7.80. The van der Waals surface area contributed by atoms with Crippen LogP contribution in [0.4, 0.5) is 4.39 Å². The average Bonchev–Trinajstić information content (AvgIpc) is 2.84. The number of amides is 1. The van der Waals surface area contributed by atoms with Crippen molar-refractivity contribution in [1.82, 2.24) is 4.90 Å². The van der Waals surface area contributed by atoms with Crippen molar-refractivity contribution in [3.05, 3.63) is 71.8 Å². The number of carbonyl (C=O) groups is 1. The fraction of sp³-hybridized carbons (Fsp3) is 0.391. The molecule has 0 spiro atoms. The maximum atomic E-state index is 15.2. The molecule has 0 radical (unpaired) electrons. The maximum Gasteiger partial charge on any atom is 0.296 e. The van der Waals surface area contributed by atoms with E-state index in [9.17, 15) is 4.79 Å². The van der Waals surface area contributed by atoms with Crippen molar-refractivity contribution in [2.75, 3.05) is 7.05 Å². The largest absolute Gasteiger partial charge is 0.296 e. The van der Waals surface area contributed by atoms with Crippen molar-refractivity contribution >= 4 is 12.1 Å². The summed E-state index contributed by atoms with van der Waals surface area (Å²) in [6.07, 6.45) is 1.01. The summed E-state index contributed by atoms with van der Waals surface area (Å²) in [4.78, 5) is 14.6. The van der Waals surface area contributed by atoms with Gasteiger partial charge in [0.25, 0.3) is 5.91 Å². The van der Waals surface area contributed by atoms with Crippen molar-refractivity contribution in [2.24, 2.45) is 0 Å². The lowest BCUT2D eigenvalue weighted by Gasteiger charge is -2.23. The minimum atomic E-state index is -1.18. The normalized spacial score (nSPS) is 22.9. The van der Waals surface area contributed by atoms with E-state index in [4.69, 9.17) is 0 Å². The zero-order valence-corrected chi connectivity index (χ0v) is 16.5. The van der Waals surface area contributed by atoms with Crippen LogP contribution < -0.4 is 0 Å². The number of carbonyl (C=O) groups excluding carboxylic acids is 1. The second-order valence-electron chi connectivity index (χ2n) is 7.80. The van der Waals surface area contributed by atoms with E-state index in [-0.39, 0.29) is 11.8 Å². The molecule has 3 nitrogen and oxygen atoms in total. The molecule has 1 aliphatic heterocycles. The number of halogens is 1. The molecular formula is C23H28FN2O+. The van der Waals surface area contributed by atoms with Crippen LogP contribution in [0.3, 0.4) is 0 Å². The standard InChI is InChI=1S/C23H28FN2O/c1-17(19-13-9-6-10-14-19)20(24)16-26-21(15-18-11-7-5-8-12-18)22(27)25(4)23(26,2)3/h5-14,16-17,20-21H,15H2,1-4H3/q+1/b26-16+/t17-,20-,21+/m1/s1. The summed E-state index contributed by atoms with van der Waals surface area (Å²) in [5.41, 5.74) is 1.46. The first kappa shape index (κ1) is 19.3. The quantitative estimate of drug-likeness (QED) is 0.732. The van der Waals surface area contributed by atoms with Gasteiger partial charge in [-0.2, -0.15) is 0 Å². The number of hydrogen-bond acceptors (Lipinski definition) is 1. The molecule has 0 aromatic heterocycles. The highest BCUT2D eigenvalue weighted by Crippen LogP contribution is 2.29. The Bertz CT molecular complexity index is 817. The Morgan fingerprint density at radius 3 is 2.26 bits per heavy atom. The molecule has 3 atom stereocenters. The van der Waals surface area contributed by atoms with Gasteiger partial charge in [0.15, 0.2) is 12.4 Å². The average molecular weight is 367 g/mol. The molecule has 3 rings (SSSR count). The first-order valence-electron chi connectivity index (χ1n) is 9.46. The van der Waals surface area contributed by atoms with E-state index < -0.39 is 17.9 Å². The number of likely N-dealkylation sites (N-methyl/N-ethyl adjacent to an activating group) is 1. The van der Waals surface area contributed by atoms with Crippen LogP contribution in [0.2, 0.25) is 0 Å². The van der Waals surface area contributed by atoms with Gasteiger partial charge in [0, 0.05) is 33.2 Å². The van der Waals surface area contributed by atoms with Crippen LogP contribution in [0.25, 0.3) is 0 Å². The van der Waals surface area contributed by atoms with E-state index in [1.807, 2.05) is 86.0 Å². The lowest BCUT2D eigenvalue weighted by Crippen LogP contribution is -2.45. The Kier molecular flexibility index (Phi) is 5.45. The van der Waals surface area contributed by atoms with Crippen molar-refractivity contribution in [3.63, 3.8) is 0 Å². The monoisotopic (exact) mass is 367 g/mol. The summed E-state index contributed by atoms with van der Waals surface area (Å²) in [6.45, 7) is 5.82. The Hall–Kier alpha value is -2.49. The Labute approximate surface area is 161 Å². The number of alkyl halides is 1. The highest BCUT2D eigenvalue weighted by atomic mass is 19.1. The van der Waals surface area contributed by atoms with Gasteiger partial charge in [0.1, 0.15) is 0 Å². The van der Waals surface area contributed by atoms with Gasteiger partial charge in [0.05, 0.1) is 0 Å². The maximum absolute atomic E-state index is 15.2. The van der Waals surface area contributed by atoms with Crippen LogP contribution in [0, 0.1) is 0 Å². The number of hydrogen-bond donors (Lipinski definition) is 0. The molecule has 142 valence electrons. The summed E-state index contributed by atoms with van der Waals surface area (Å²) in [5, 5.41) is 0. The molecule has 1 amide bonds. The molecular weight excluding hydrogens is 339 g/mol. The number of nitrogens with zero attached hydrogens (tertiary/aromatic N) is 2. The van der Waals surface area contributed by atoms with E-state index in [1.54, 1.807) is 18.2 Å². The number of rotatable bonds is 5. The van der Waals surface area contributed by atoms with E-state index >= 15 is 4.39 Å². The minimum absolute atomic E-state index is 0.0275. The SMILES string of the molecule is C[C@H](c1ccccc1)[C@H](F)/C=[N+]1\[C@@H](Cc2ccccc2)C(=O)N(C)C1(C)C. The molecule has 0 bridgehead atoms. The zero-order chi connectivity index (χ0) is 19.6. The third-order valence-corrected chi connectivity index (χ3v) is 5.78. The van der Waals surface area contributed by atoms with Crippen LogP contribution in [0.15, 0.2) is 60.7 Å². The summed E-state index contributed by atoms with van der Waals surface area (Å²) in [7, 11) is 1.79. The zero-order valence-electron chi connectivity index (χ0n) is 16.5. The molecule has 2 aromatic rings. The van der Waals surface area contributed by atoms with Crippen LogP contribution in [-0.2, 0) is 11.2 Å². The van der Waals surface area contributed by atoms with Crippen LogP contribution in [-0.4, -0.2) is 46.5 Å². The fourth-order valence-corrected chi connectivity index (χ4v) is 3.70. The third kappa shape index (κ3) is 3.80. The van der Waals surface area contributed by atoms with Gasteiger partial charge >= 0.3 is 0 Å². The van der Waals surface area contributed by atoms with E-state index in [1.165, 1.54) is 0 Å². The van der Waals surface area contributed by atoms with Gasteiger partial charge in [0.2, 0.25) is 11.7 Å². The molecule has 0 unspecified atom stereocenters. The predicted molar refractivity (Wildman–Crippen MR) is 107 cm³/mol. The van der Waals surface area contributed by atoms with E-state index in [2.05, 4.69) is 0 Å². The third-order valence-electron chi connectivity index (χ3n) is 5.78. The Morgan fingerprint density at radius 2 is 1.67 bits per heavy atom. The van der Waals surface area contributed by atoms with Gasteiger partial charge in [-0.25, -0.2) is 8.97 Å². The minimum Gasteiger partial charge on any atom is -0.280 e. The molecule has 4 heteroatoms. The molecule has 1 heterocycles. The Balaban J connectivity index is 1.93. The van der Waals surface area contributed by atoms with Crippen molar-refractivity contribution in [1.29, 1.82) is 0 Å². The predicted octanol–water partition coefficient (Wildman–Crippen LogP) is 4.03. The highest BCUT2D eigenvalue weighted by molar-refractivity contribution is 5.84. The summed E-state index contributed by atoms with van der Waals surface area (Å²) in [5.74, 6) is -0.250. The first-order valence-corrected chi connectivity index (χ1v) is 9.46. The smallest absolute Gasteiger partial charge is 0.280 e. The topological polar surface area (TPSA) is 23.3 Å². The van der Waals surface area contributed by atoms with Crippen molar-refractivity contribution < 1.29 is 13.8 Å². The van der Waals surface area contributed by atoms with Crippen LogP contribution in [0.1, 0.15) is 37.8 Å². The summed E-state index contributed by atoms with van der Waals surface area (Å²) in [6, 6.07) is 19.2. The number of benzene rings is 2. The summed E-state index contributed by atoms with van der Waals surface area (Å²) < 4.78 is 17.1. The fourth-order valence-electron chi connectivity index (χ4n) is 3.70. The van der Waals surface area contributed by atoms with Gasteiger partial charge in [-0.05, 0) is 11.1 Å². The van der Waals surface area contributed by atoms with Gasteiger partial charge in [-0.1, -0.05) is 67.6 Å². The molecule has 0 aliphatic carbocycles. The first-order chi connectivity index (χ1) is 12.8. The highest BCUT2D eigenvalue weighted by Gasteiger charge is 2.54. The Morgan fingerprint density at radius 1 is 1.11 bits per heavy atom. The van der Waals surface area contributed by atoms with E-state index in [0.29, 0.717) is 6.42 Å². The van der Waals surface area contributed by atoms with Gasteiger partial charge < -0.3 is 0 Å². The molecule has 27 heavy (non-hydrogen) atoms. The molecule has 0 saturated carbocycles. The van der Waals surface area contributed by atoms with Gasteiger partial charge in [-0.15, -0.1) is 0 Å². The van der Waals surface area contributed by atoms with Gasteiger partial charge in [-0.3, -0.25) is 9.69 Å². The lowest BCUT2D eigenvalue weighted by molar-refractivity contribution is -0.618. The lowest BCUT2D eigenvalue weighted by atomic mass is 9.96. The van der Waals surface area contributed by atoms with Crippen molar-refractivity contribution in [3.8, 4) is 0 Å². The summed E-state index contributed by atoms with van der Waals surface area (Å²) >= 11 is 0. The second kappa shape index (κ2) is 7.63. The molecule has 1 aliphatic rings. The molecule has 1 saturated heterocycles. The molecule has 2 aromatic carbocycles. The van der Waals surface area contributed by atoms with Crippen molar-refractivity contribution in [2.45, 2.75) is 51.0 Å². The molecule has 1 fully saturated rings. The van der Waals surface area contributed by atoms with Crippen LogP contribution >= 0.6 is 0 Å². The molecule has 0 N–H and O–H groups in total.